The molecule has 22 heavy (non-hydrogen) atoms. The molecule has 2 aromatic heterocycles. The summed E-state index contributed by atoms with van der Waals surface area (Å²) in [6.07, 6.45) is 3.47. The molecule has 0 bridgehead atoms. The van der Waals surface area contributed by atoms with Crippen LogP contribution in [0.3, 0.4) is 0 Å². The number of rotatable bonds is 3. The molecule has 6 heteroatoms. The Morgan fingerprint density at radius 3 is 2.86 bits per heavy atom. The molecular weight excluding hydrogens is 296 g/mol. The summed E-state index contributed by atoms with van der Waals surface area (Å²) in [5.74, 6) is 0.976. The molecule has 0 aromatic carbocycles. The number of anilines is 1. The zero-order valence-corrected chi connectivity index (χ0v) is 14.6. The Bertz CT molecular complexity index is 684. The Labute approximate surface area is 135 Å². The number of aryl methyl sites for hydroxylation is 2. The number of hydrogen-bond acceptors (Lipinski definition) is 6. The van der Waals surface area contributed by atoms with Crippen LogP contribution in [0, 0.1) is 13.8 Å². The van der Waals surface area contributed by atoms with Crippen LogP contribution in [-0.2, 0) is 0 Å². The number of thiophene rings is 1. The van der Waals surface area contributed by atoms with Crippen LogP contribution in [0.25, 0.3) is 10.2 Å². The lowest BCUT2D eigenvalue weighted by atomic mass is 9.92. The molecule has 1 atom stereocenters. The first kappa shape index (κ1) is 15.6. The van der Waals surface area contributed by atoms with E-state index in [1.54, 1.807) is 17.7 Å². The van der Waals surface area contributed by atoms with E-state index in [0.29, 0.717) is 13.1 Å². The van der Waals surface area contributed by atoms with Crippen LogP contribution in [0.15, 0.2) is 6.33 Å². The fourth-order valence-corrected chi connectivity index (χ4v) is 4.41. The summed E-state index contributed by atoms with van der Waals surface area (Å²) in [5.41, 5.74) is 0.593. The minimum atomic E-state index is -0.669. The van der Waals surface area contributed by atoms with E-state index in [4.69, 9.17) is 0 Å². The van der Waals surface area contributed by atoms with Gasteiger partial charge in [0, 0.05) is 24.5 Å². The summed E-state index contributed by atoms with van der Waals surface area (Å²) in [5, 5.41) is 12.0. The molecule has 0 saturated carbocycles. The number of piperidine rings is 1. The van der Waals surface area contributed by atoms with Crippen molar-refractivity contribution in [1.82, 2.24) is 14.9 Å². The molecule has 0 spiro atoms. The van der Waals surface area contributed by atoms with E-state index in [2.05, 4.69) is 33.6 Å². The largest absolute Gasteiger partial charge is 0.387 e. The van der Waals surface area contributed by atoms with Crippen molar-refractivity contribution in [3.8, 4) is 0 Å². The maximum atomic E-state index is 10.9. The SMILES string of the molecule is Cc1sc2ncnc(N3CCCC(O)(CN(C)C)C3)c2c1C. The van der Waals surface area contributed by atoms with Gasteiger partial charge in [-0.25, -0.2) is 9.97 Å². The molecule has 5 nitrogen and oxygen atoms in total. The van der Waals surface area contributed by atoms with Gasteiger partial charge in [-0.3, -0.25) is 0 Å². The van der Waals surface area contributed by atoms with Crippen molar-refractivity contribution in [1.29, 1.82) is 0 Å². The molecular formula is C16H24N4OS. The third-order valence-corrected chi connectivity index (χ3v) is 5.53. The van der Waals surface area contributed by atoms with Gasteiger partial charge in [-0.2, -0.15) is 0 Å². The number of nitrogens with zero attached hydrogens (tertiary/aromatic N) is 4. The highest BCUT2D eigenvalue weighted by Crippen LogP contribution is 2.36. The van der Waals surface area contributed by atoms with E-state index in [0.717, 1.165) is 35.4 Å². The average molecular weight is 320 g/mol. The molecule has 1 saturated heterocycles. The molecule has 1 aliphatic rings. The van der Waals surface area contributed by atoms with E-state index in [1.807, 2.05) is 14.1 Å². The van der Waals surface area contributed by atoms with E-state index >= 15 is 0 Å². The van der Waals surface area contributed by atoms with Gasteiger partial charge >= 0.3 is 0 Å². The number of fused-ring (bicyclic) bond motifs is 1. The smallest absolute Gasteiger partial charge is 0.141 e. The Balaban J connectivity index is 1.97. The van der Waals surface area contributed by atoms with Crippen LogP contribution in [0.2, 0.25) is 0 Å². The third-order valence-electron chi connectivity index (χ3n) is 4.41. The molecule has 0 amide bonds. The fraction of sp³-hybridized carbons (Fsp3) is 0.625. The Kier molecular flexibility index (Phi) is 4.09. The highest BCUT2D eigenvalue weighted by Gasteiger charge is 2.35. The van der Waals surface area contributed by atoms with Gasteiger partial charge in [0.2, 0.25) is 0 Å². The quantitative estimate of drug-likeness (QED) is 0.939. The summed E-state index contributed by atoms with van der Waals surface area (Å²) in [4.78, 5) is 15.6. The van der Waals surface area contributed by atoms with Crippen molar-refractivity contribution in [3.63, 3.8) is 0 Å². The number of likely N-dealkylation sites (N-methyl/N-ethyl adjacent to an activating group) is 1. The number of aliphatic hydroxyl groups is 1. The van der Waals surface area contributed by atoms with Gasteiger partial charge in [0.05, 0.1) is 11.0 Å². The zero-order valence-electron chi connectivity index (χ0n) is 13.8. The molecule has 1 unspecified atom stereocenters. The summed E-state index contributed by atoms with van der Waals surface area (Å²) in [6.45, 7) is 6.52. The maximum Gasteiger partial charge on any atom is 0.141 e. The Morgan fingerprint density at radius 1 is 1.36 bits per heavy atom. The first-order valence-electron chi connectivity index (χ1n) is 7.72. The molecule has 0 aliphatic carbocycles. The van der Waals surface area contributed by atoms with Gasteiger partial charge < -0.3 is 14.9 Å². The van der Waals surface area contributed by atoms with Crippen molar-refractivity contribution in [2.45, 2.75) is 32.3 Å². The number of β-amino-alcohol motifs (C(OH)–C–C–N with tert-alkyl or cyclic N) is 1. The lowest BCUT2D eigenvalue weighted by Crippen LogP contribution is -2.53. The van der Waals surface area contributed by atoms with Crippen molar-refractivity contribution < 1.29 is 5.11 Å². The van der Waals surface area contributed by atoms with Gasteiger partial charge in [0.15, 0.2) is 0 Å². The zero-order chi connectivity index (χ0) is 15.9. The van der Waals surface area contributed by atoms with Gasteiger partial charge in [-0.15, -0.1) is 11.3 Å². The number of aromatic nitrogens is 2. The van der Waals surface area contributed by atoms with Crippen molar-refractivity contribution in [2.24, 2.45) is 0 Å². The minimum absolute atomic E-state index is 0.631. The molecule has 0 radical (unpaired) electrons. The topological polar surface area (TPSA) is 52.5 Å². The lowest BCUT2D eigenvalue weighted by molar-refractivity contribution is 0.00359. The lowest BCUT2D eigenvalue weighted by Gasteiger charge is -2.41. The molecule has 120 valence electrons. The van der Waals surface area contributed by atoms with Crippen LogP contribution in [-0.4, -0.2) is 59.3 Å². The molecule has 1 fully saturated rings. The predicted molar refractivity (Wildman–Crippen MR) is 91.8 cm³/mol. The standard InChI is InChI=1S/C16H24N4OS/c1-11-12(2)22-15-13(11)14(17-10-18-15)20-7-5-6-16(21,9-20)8-19(3)4/h10,21H,5-9H2,1-4H3. The summed E-state index contributed by atoms with van der Waals surface area (Å²) in [6, 6.07) is 0. The van der Waals surface area contributed by atoms with Gasteiger partial charge in [0.1, 0.15) is 17.0 Å². The summed E-state index contributed by atoms with van der Waals surface area (Å²) >= 11 is 1.72. The predicted octanol–water partition coefficient (Wildman–Crippen LogP) is 2.20. The maximum absolute atomic E-state index is 10.9. The fourth-order valence-electron chi connectivity index (χ4n) is 3.41. The molecule has 2 aromatic rings. The van der Waals surface area contributed by atoms with Crippen LogP contribution in [0.5, 0.6) is 0 Å². The normalized spacial score (nSPS) is 22.7. The molecule has 3 heterocycles. The van der Waals surface area contributed by atoms with Gasteiger partial charge in [-0.05, 0) is 46.3 Å². The van der Waals surface area contributed by atoms with Crippen LogP contribution in [0.4, 0.5) is 5.82 Å². The minimum Gasteiger partial charge on any atom is -0.387 e. The van der Waals surface area contributed by atoms with Gasteiger partial charge in [0.25, 0.3) is 0 Å². The van der Waals surface area contributed by atoms with Gasteiger partial charge in [-0.1, -0.05) is 0 Å². The summed E-state index contributed by atoms with van der Waals surface area (Å²) in [7, 11) is 4.01. The molecule has 1 N–H and O–H groups in total. The Hall–Kier alpha value is -1.24. The Morgan fingerprint density at radius 2 is 2.14 bits per heavy atom. The third kappa shape index (κ3) is 2.83. The second-order valence-electron chi connectivity index (χ2n) is 6.65. The van der Waals surface area contributed by atoms with Crippen molar-refractivity contribution in [3.05, 3.63) is 16.8 Å². The van der Waals surface area contributed by atoms with Crippen LogP contribution >= 0.6 is 11.3 Å². The highest BCUT2D eigenvalue weighted by molar-refractivity contribution is 7.18. The van der Waals surface area contributed by atoms with E-state index in [-0.39, 0.29) is 0 Å². The first-order chi connectivity index (χ1) is 10.4. The molecule has 1 aliphatic heterocycles. The van der Waals surface area contributed by atoms with E-state index < -0.39 is 5.60 Å². The van der Waals surface area contributed by atoms with E-state index in [9.17, 15) is 5.11 Å². The second-order valence-corrected chi connectivity index (χ2v) is 7.85. The highest BCUT2D eigenvalue weighted by atomic mass is 32.1. The van der Waals surface area contributed by atoms with E-state index in [1.165, 1.54) is 10.4 Å². The average Bonchev–Trinajstić information content (AvgIpc) is 2.73. The second kappa shape index (κ2) is 5.76. The van der Waals surface area contributed by atoms with Crippen molar-refractivity contribution >= 4 is 27.4 Å². The number of hydrogen-bond donors (Lipinski definition) is 1. The monoisotopic (exact) mass is 320 g/mol. The van der Waals surface area contributed by atoms with Crippen LogP contribution in [0.1, 0.15) is 23.3 Å². The van der Waals surface area contributed by atoms with Crippen LogP contribution < -0.4 is 4.90 Å². The molecule has 3 rings (SSSR count). The first-order valence-corrected chi connectivity index (χ1v) is 8.54. The summed E-state index contributed by atoms with van der Waals surface area (Å²) < 4.78 is 0. The van der Waals surface area contributed by atoms with Crippen molar-refractivity contribution in [2.75, 3.05) is 38.6 Å².